The molecule has 106 valence electrons. The van der Waals surface area contributed by atoms with Crippen molar-refractivity contribution >= 4 is 5.91 Å². The minimum absolute atomic E-state index is 0.0469. The molecule has 1 aliphatic rings. The number of aromatic nitrogens is 3. The van der Waals surface area contributed by atoms with Gasteiger partial charge < -0.3 is 15.4 Å². The van der Waals surface area contributed by atoms with Crippen LogP contribution in [0.5, 0.6) is 0 Å². The summed E-state index contributed by atoms with van der Waals surface area (Å²) in [4.78, 5) is 16.1. The van der Waals surface area contributed by atoms with Gasteiger partial charge in [0.15, 0.2) is 0 Å². The van der Waals surface area contributed by atoms with Gasteiger partial charge in [0, 0.05) is 19.0 Å². The van der Waals surface area contributed by atoms with Crippen LogP contribution in [0.15, 0.2) is 6.33 Å². The van der Waals surface area contributed by atoms with Crippen LogP contribution in [-0.4, -0.2) is 53.4 Å². The zero-order valence-electron chi connectivity index (χ0n) is 11.2. The van der Waals surface area contributed by atoms with E-state index in [1.54, 1.807) is 0 Å². The number of ether oxygens (including phenoxy) is 1. The molecule has 3 N–H and O–H groups in total. The van der Waals surface area contributed by atoms with Crippen LogP contribution in [0.2, 0.25) is 0 Å². The first-order valence-corrected chi connectivity index (χ1v) is 6.74. The summed E-state index contributed by atoms with van der Waals surface area (Å²) < 4.78 is 5.39. The molecule has 2 atom stereocenters. The lowest BCUT2D eigenvalue weighted by molar-refractivity contribution is -0.125. The van der Waals surface area contributed by atoms with E-state index in [-0.39, 0.29) is 17.9 Å². The van der Waals surface area contributed by atoms with E-state index >= 15 is 0 Å². The van der Waals surface area contributed by atoms with Crippen LogP contribution in [0, 0.1) is 5.92 Å². The summed E-state index contributed by atoms with van der Waals surface area (Å²) in [6.07, 6.45) is 3.18. The van der Waals surface area contributed by atoms with Gasteiger partial charge in [0.2, 0.25) is 5.91 Å². The number of hydrogen-bond donors (Lipinski definition) is 3. The first-order valence-electron chi connectivity index (χ1n) is 6.74. The largest absolute Gasteiger partial charge is 0.379 e. The van der Waals surface area contributed by atoms with Gasteiger partial charge in [-0.3, -0.25) is 9.89 Å². The maximum Gasteiger partial charge on any atom is 0.227 e. The fraction of sp³-hybridized carbons (Fsp3) is 0.750. The maximum atomic E-state index is 12.1. The van der Waals surface area contributed by atoms with E-state index in [0.717, 1.165) is 18.8 Å². The zero-order chi connectivity index (χ0) is 13.5. The average Bonchev–Trinajstić information content (AvgIpc) is 3.07. The predicted octanol–water partition coefficient (Wildman–Crippen LogP) is -0.522. The van der Waals surface area contributed by atoms with Crippen molar-refractivity contribution in [2.24, 2.45) is 5.92 Å². The summed E-state index contributed by atoms with van der Waals surface area (Å²) in [5.41, 5.74) is 0. The van der Waals surface area contributed by atoms with E-state index < -0.39 is 0 Å². The van der Waals surface area contributed by atoms with Gasteiger partial charge in [0.1, 0.15) is 12.2 Å². The molecule has 0 saturated carbocycles. The number of carbonyl (C=O) groups is 1. The van der Waals surface area contributed by atoms with E-state index in [0.29, 0.717) is 26.2 Å². The van der Waals surface area contributed by atoms with Crippen LogP contribution in [0.1, 0.15) is 19.2 Å². The molecule has 1 amide bonds. The molecule has 0 aromatic carbocycles. The SMILES string of the molecule is CCCNC1COCC1C(=O)NCCc1ncn[nH]1. The Bertz CT molecular complexity index is 381. The molecule has 19 heavy (non-hydrogen) atoms. The van der Waals surface area contributed by atoms with Crippen LogP contribution in [0.4, 0.5) is 0 Å². The predicted molar refractivity (Wildman–Crippen MR) is 69.5 cm³/mol. The van der Waals surface area contributed by atoms with Gasteiger partial charge >= 0.3 is 0 Å². The Hall–Kier alpha value is -1.47. The summed E-state index contributed by atoms with van der Waals surface area (Å²) in [6, 6.07) is 0.130. The summed E-state index contributed by atoms with van der Waals surface area (Å²) in [5.74, 6) is 0.732. The summed E-state index contributed by atoms with van der Waals surface area (Å²) >= 11 is 0. The topological polar surface area (TPSA) is 91.9 Å². The quantitative estimate of drug-likeness (QED) is 0.618. The molecule has 0 aliphatic carbocycles. The van der Waals surface area contributed by atoms with Crippen LogP contribution in [0.3, 0.4) is 0 Å². The lowest BCUT2D eigenvalue weighted by atomic mass is 10.0. The number of H-pyrrole nitrogens is 1. The number of amides is 1. The first-order chi connectivity index (χ1) is 9.31. The third kappa shape index (κ3) is 4.00. The molecule has 2 heterocycles. The molecule has 7 heteroatoms. The molecule has 1 aromatic rings. The van der Waals surface area contributed by atoms with Gasteiger partial charge in [-0.15, -0.1) is 0 Å². The summed E-state index contributed by atoms with van der Waals surface area (Å²) in [5, 5.41) is 12.8. The highest BCUT2D eigenvalue weighted by atomic mass is 16.5. The summed E-state index contributed by atoms with van der Waals surface area (Å²) in [7, 11) is 0. The number of nitrogens with zero attached hydrogens (tertiary/aromatic N) is 2. The van der Waals surface area contributed by atoms with E-state index in [1.165, 1.54) is 6.33 Å². The lowest BCUT2D eigenvalue weighted by Gasteiger charge is -2.18. The van der Waals surface area contributed by atoms with Crippen molar-refractivity contribution in [3.63, 3.8) is 0 Å². The average molecular weight is 267 g/mol. The molecule has 0 bridgehead atoms. The molecule has 7 nitrogen and oxygen atoms in total. The fourth-order valence-electron chi connectivity index (χ4n) is 2.13. The van der Waals surface area contributed by atoms with Crippen molar-refractivity contribution < 1.29 is 9.53 Å². The van der Waals surface area contributed by atoms with E-state index in [9.17, 15) is 4.79 Å². The Morgan fingerprint density at radius 2 is 2.42 bits per heavy atom. The van der Waals surface area contributed by atoms with Crippen LogP contribution in [-0.2, 0) is 16.0 Å². The molecule has 1 aromatic heterocycles. The molecular weight excluding hydrogens is 246 g/mol. The highest BCUT2D eigenvalue weighted by Crippen LogP contribution is 2.13. The number of nitrogens with one attached hydrogen (secondary N) is 3. The monoisotopic (exact) mass is 267 g/mol. The van der Waals surface area contributed by atoms with Gasteiger partial charge in [-0.05, 0) is 13.0 Å². The fourth-order valence-corrected chi connectivity index (χ4v) is 2.13. The van der Waals surface area contributed by atoms with Gasteiger partial charge in [-0.2, -0.15) is 5.10 Å². The smallest absolute Gasteiger partial charge is 0.227 e. The van der Waals surface area contributed by atoms with Crippen LogP contribution < -0.4 is 10.6 Å². The van der Waals surface area contributed by atoms with Crippen molar-refractivity contribution in [3.8, 4) is 0 Å². The third-order valence-corrected chi connectivity index (χ3v) is 3.20. The van der Waals surface area contributed by atoms with Gasteiger partial charge in [0.05, 0.1) is 19.1 Å². The van der Waals surface area contributed by atoms with Crippen molar-refractivity contribution in [2.75, 3.05) is 26.3 Å². The van der Waals surface area contributed by atoms with E-state index in [1.807, 2.05) is 0 Å². The highest BCUT2D eigenvalue weighted by Gasteiger charge is 2.33. The number of aromatic amines is 1. The van der Waals surface area contributed by atoms with Crippen molar-refractivity contribution in [2.45, 2.75) is 25.8 Å². The molecule has 1 aliphatic heterocycles. The number of hydrogen-bond acceptors (Lipinski definition) is 5. The maximum absolute atomic E-state index is 12.1. The summed E-state index contributed by atoms with van der Waals surface area (Å²) in [6.45, 7) is 4.69. The normalized spacial score (nSPS) is 22.6. The molecule has 2 unspecified atom stereocenters. The van der Waals surface area contributed by atoms with Gasteiger partial charge in [-0.25, -0.2) is 4.98 Å². The zero-order valence-corrected chi connectivity index (χ0v) is 11.2. The highest BCUT2D eigenvalue weighted by molar-refractivity contribution is 5.79. The Kier molecular flexibility index (Phi) is 5.29. The Morgan fingerprint density at radius 3 is 3.16 bits per heavy atom. The van der Waals surface area contributed by atoms with E-state index in [4.69, 9.17) is 4.74 Å². The number of rotatable bonds is 7. The van der Waals surface area contributed by atoms with Gasteiger partial charge in [-0.1, -0.05) is 6.92 Å². The van der Waals surface area contributed by atoms with Gasteiger partial charge in [0.25, 0.3) is 0 Å². The minimum Gasteiger partial charge on any atom is -0.379 e. The van der Waals surface area contributed by atoms with Crippen LogP contribution in [0.25, 0.3) is 0 Å². The van der Waals surface area contributed by atoms with Crippen LogP contribution >= 0.6 is 0 Å². The second kappa shape index (κ2) is 7.20. The molecule has 2 rings (SSSR count). The minimum atomic E-state index is -0.0960. The second-order valence-corrected chi connectivity index (χ2v) is 4.68. The molecular formula is C12H21N5O2. The van der Waals surface area contributed by atoms with Crippen molar-refractivity contribution in [3.05, 3.63) is 12.2 Å². The molecule has 1 saturated heterocycles. The lowest BCUT2D eigenvalue weighted by Crippen LogP contribution is -2.44. The molecule has 1 fully saturated rings. The Labute approximate surface area is 112 Å². The Morgan fingerprint density at radius 1 is 1.53 bits per heavy atom. The number of carbonyl (C=O) groups excluding carboxylic acids is 1. The second-order valence-electron chi connectivity index (χ2n) is 4.68. The molecule has 0 spiro atoms. The first kappa shape index (κ1) is 14.0. The van der Waals surface area contributed by atoms with Crippen molar-refractivity contribution in [1.82, 2.24) is 25.8 Å². The molecule has 0 radical (unpaired) electrons. The Balaban J connectivity index is 1.72. The van der Waals surface area contributed by atoms with E-state index in [2.05, 4.69) is 32.7 Å². The third-order valence-electron chi connectivity index (χ3n) is 3.20. The van der Waals surface area contributed by atoms with Crippen molar-refractivity contribution in [1.29, 1.82) is 0 Å². The standard InChI is InChI=1S/C12H21N5O2/c1-2-4-13-10-7-19-6-9(10)12(18)14-5-3-11-15-8-16-17-11/h8-10,13H,2-7H2,1H3,(H,14,18)(H,15,16,17).